The van der Waals surface area contributed by atoms with Gasteiger partial charge in [0.05, 0.1) is 0 Å². The molecule has 1 rings (SSSR count). The van der Waals surface area contributed by atoms with Crippen molar-refractivity contribution < 1.29 is 19.1 Å². The molecular weight excluding hydrogens is 340 g/mol. The Kier molecular flexibility index (Phi) is 12.2. The number of benzene rings is 1. The van der Waals surface area contributed by atoms with Crippen molar-refractivity contribution in [1.82, 2.24) is 0 Å². The van der Waals surface area contributed by atoms with Crippen molar-refractivity contribution in [3.05, 3.63) is 23.8 Å². The number of aryl methyl sites for hydroxylation is 1. The molecule has 0 N–H and O–H groups in total. The van der Waals surface area contributed by atoms with Gasteiger partial charge in [0.25, 0.3) is 0 Å². The Morgan fingerprint density at radius 3 is 1.48 bits per heavy atom. The van der Waals surface area contributed by atoms with Gasteiger partial charge in [0.2, 0.25) is 0 Å². The van der Waals surface area contributed by atoms with Crippen LogP contribution in [0.15, 0.2) is 18.2 Å². The first-order valence-corrected chi connectivity index (χ1v) is 10.6. The third-order valence-corrected chi connectivity index (χ3v) is 4.46. The lowest BCUT2D eigenvalue weighted by molar-refractivity contribution is -0.135. The van der Waals surface area contributed by atoms with E-state index in [-0.39, 0.29) is 11.9 Å². The monoisotopic (exact) mass is 376 g/mol. The molecule has 0 unspecified atom stereocenters. The molecule has 1 aromatic rings. The molecule has 0 saturated carbocycles. The molecule has 27 heavy (non-hydrogen) atoms. The number of unbranched alkanes of at least 4 members (excludes halogenated alkanes) is 8. The van der Waals surface area contributed by atoms with Gasteiger partial charge in [-0.25, -0.2) is 0 Å². The minimum Gasteiger partial charge on any atom is -0.426 e. The molecule has 0 heterocycles. The summed E-state index contributed by atoms with van der Waals surface area (Å²) in [4.78, 5) is 24.0. The Labute approximate surface area is 164 Å². The van der Waals surface area contributed by atoms with Gasteiger partial charge in [-0.2, -0.15) is 0 Å². The number of esters is 2. The molecule has 152 valence electrons. The Hall–Kier alpha value is -1.84. The molecule has 4 nitrogen and oxygen atoms in total. The topological polar surface area (TPSA) is 52.6 Å². The van der Waals surface area contributed by atoms with Gasteiger partial charge in [-0.1, -0.05) is 65.2 Å². The lowest BCUT2D eigenvalue weighted by Crippen LogP contribution is -2.10. The predicted molar refractivity (Wildman–Crippen MR) is 109 cm³/mol. The molecule has 0 radical (unpaired) electrons. The third-order valence-electron chi connectivity index (χ3n) is 4.46. The maximum atomic E-state index is 12.0. The predicted octanol–water partition coefficient (Wildman–Crippen LogP) is 6.53. The van der Waals surface area contributed by atoms with E-state index in [0.29, 0.717) is 24.3 Å². The highest BCUT2D eigenvalue weighted by molar-refractivity contribution is 5.74. The maximum Gasteiger partial charge on any atom is 0.311 e. The van der Waals surface area contributed by atoms with Crippen LogP contribution < -0.4 is 9.47 Å². The molecular formula is C23H36O4. The highest BCUT2D eigenvalue weighted by atomic mass is 16.5. The molecule has 0 saturated heterocycles. The second-order valence-electron chi connectivity index (χ2n) is 7.26. The number of carbonyl (C=O) groups excluding carboxylic acids is 2. The lowest BCUT2D eigenvalue weighted by Gasteiger charge is -2.09. The number of hydrogen-bond donors (Lipinski definition) is 0. The van der Waals surface area contributed by atoms with Crippen LogP contribution in [0.4, 0.5) is 0 Å². The summed E-state index contributed by atoms with van der Waals surface area (Å²) in [5.41, 5.74) is 0.897. The van der Waals surface area contributed by atoms with Crippen molar-refractivity contribution in [1.29, 1.82) is 0 Å². The van der Waals surface area contributed by atoms with E-state index in [1.165, 1.54) is 25.7 Å². The van der Waals surface area contributed by atoms with E-state index in [0.717, 1.165) is 44.1 Å². The normalized spacial score (nSPS) is 10.6. The van der Waals surface area contributed by atoms with E-state index >= 15 is 0 Å². The van der Waals surface area contributed by atoms with Crippen molar-refractivity contribution in [3.63, 3.8) is 0 Å². The summed E-state index contributed by atoms with van der Waals surface area (Å²) in [7, 11) is 0. The molecule has 0 aliphatic carbocycles. The zero-order chi connectivity index (χ0) is 19.9. The van der Waals surface area contributed by atoms with Crippen molar-refractivity contribution in [2.45, 2.75) is 97.8 Å². The number of carbonyl (C=O) groups is 2. The van der Waals surface area contributed by atoms with Crippen LogP contribution in [0.3, 0.4) is 0 Å². The minimum atomic E-state index is -0.231. The molecule has 4 heteroatoms. The van der Waals surface area contributed by atoms with E-state index in [4.69, 9.17) is 9.47 Å². The Morgan fingerprint density at radius 1 is 0.667 bits per heavy atom. The van der Waals surface area contributed by atoms with Gasteiger partial charge in [0, 0.05) is 18.9 Å². The SMILES string of the molecule is CCCCCCCC(=O)Oc1cc(C)cc(OC(=O)CCCCCCC)c1. The average molecular weight is 377 g/mol. The van der Waals surface area contributed by atoms with Crippen molar-refractivity contribution in [3.8, 4) is 11.5 Å². The van der Waals surface area contributed by atoms with Crippen LogP contribution in [0.25, 0.3) is 0 Å². The van der Waals surface area contributed by atoms with Gasteiger partial charge >= 0.3 is 11.9 Å². The van der Waals surface area contributed by atoms with Gasteiger partial charge in [0.15, 0.2) is 0 Å². The van der Waals surface area contributed by atoms with Gasteiger partial charge in [-0.05, 0) is 37.5 Å². The van der Waals surface area contributed by atoms with Crippen LogP contribution in [0, 0.1) is 6.92 Å². The van der Waals surface area contributed by atoms with Crippen LogP contribution in [0.2, 0.25) is 0 Å². The highest BCUT2D eigenvalue weighted by Crippen LogP contribution is 2.24. The van der Waals surface area contributed by atoms with Gasteiger partial charge in [-0.15, -0.1) is 0 Å². The highest BCUT2D eigenvalue weighted by Gasteiger charge is 2.10. The molecule has 0 aliphatic rings. The summed E-state index contributed by atoms with van der Waals surface area (Å²) in [6.07, 6.45) is 11.8. The van der Waals surface area contributed by atoms with Gasteiger partial charge < -0.3 is 9.47 Å². The maximum absolute atomic E-state index is 12.0. The molecule has 1 aromatic carbocycles. The molecule has 0 aliphatic heterocycles. The summed E-state index contributed by atoms with van der Waals surface area (Å²) in [6, 6.07) is 5.20. The second-order valence-corrected chi connectivity index (χ2v) is 7.26. The van der Waals surface area contributed by atoms with Crippen LogP contribution in [-0.4, -0.2) is 11.9 Å². The molecule has 0 fully saturated rings. The average Bonchev–Trinajstić information content (AvgIpc) is 2.60. The second kappa shape index (κ2) is 14.2. The van der Waals surface area contributed by atoms with Gasteiger partial charge in [0.1, 0.15) is 11.5 Å². The van der Waals surface area contributed by atoms with E-state index in [2.05, 4.69) is 13.8 Å². The molecule has 0 bridgehead atoms. The Bertz CT molecular complexity index is 519. The van der Waals surface area contributed by atoms with E-state index < -0.39 is 0 Å². The van der Waals surface area contributed by atoms with Crippen LogP contribution >= 0.6 is 0 Å². The smallest absolute Gasteiger partial charge is 0.311 e. The van der Waals surface area contributed by atoms with E-state index in [1.807, 2.05) is 6.92 Å². The lowest BCUT2D eigenvalue weighted by atomic mass is 10.1. The Morgan fingerprint density at radius 2 is 1.07 bits per heavy atom. The first kappa shape index (κ1) is 23.2. The number of rotatable bonds is 14. The van der Waals surface area contributed by atoms with Gasteiger partial charge in [-0.3, -0.25) is 9.59 Å². The fourth-order valence-electron chi connectivity index (χ4n) is 2.94. The summed E-state index contributed by atoms with van der Waals surface area (Å²) in [5.74, 6) is 0.425. The number of ether oxygens (including phenoxy) is 2. The third kappa shape index (κ3) is 11.5. The summed E-state index contributed by atoms with van der Waals surface area (Å²) >= 11 is 0. The molecule has 0 amide bonds. The zero-order valence-electron chi connectivity index (χ0n) is 17.4. The fourth-order valence-corrected chi connectivity index (χ4v) is 2.94. The fraction of sp³-hybridized carbons (Fsp3) is 0.652. The first-order chi connectivity index (χ1) is 13.0. The van der Waals surface area contributed by atoms with Crippen molar-refractivity contribution in [2.24, 2.45) is 0 Å². The summed E-state index contributed by atoms with van der Waals surface area (Å²) < 4.78 is 10.8. The Balaban J connectivity index is 2.42. The summed E-state index contributed by atoms with van der Waals surface area (Å²) in [6.45, 7) is 6.23. The standard InChI is InChI=1S/C23H36O4/c1-4-6-8-10-12-14-22(24)26-20-16-19(3)17-21(18-20)27-23(25)15-13-11-9-7-5-2/h16-18H,4-15H2,1-3H3. The number of hydrogen-bond acceptors (Lipinski definition) is 4. The largest absolute Gasteiger partial charge is 0.426 e. The zero-order valence-corrected chi connectivity index (χ0v) is 17.4. The minimum absolute atomic E-state index is 0.231. The first-order valence-electron chi connectivity index (χ1n) is 10.6. The van der Waals surface area contributed by atoms with E-state index in [9.17, 15) is 9.59 Å². The molecule has 0 atom stereocenters. The quantitative estimate of drug-likeness (QED) is 0.210. The van der Waals surface area contributed by atoms with Crippen LogP contribution in [-0.2, 0) is 9.59 Å². The molecule has 0 spiro atoms. The van der Waals surface area contributed by atoms with Crippen LogP contribution in [0.5, 0.6) is 11.5 Å². The van der Waals surface area contributed by atoms with Crippen LogP contribution in [0.1, 0.15) is 96.5 Å². The van der Waals surface area contributed by atoms with E-state index in [1.54, 1.807) is 18.2 Å². The summed E-state index contributed by atoms with van der Waals surface area (Å²) in [5, 5.41) is 0. The molecule has 0 aromatic heterocycles. The van der Waals surface area contributed by atoms with Crippen molar-refractivity contribution >= 4 is 11.9 Å². The van der Waals surface area contributed by atoms with Crippen molar-refractivity contribution in [2.75, 3.05) is 0 Å².